The maximum Gasteiger partial charge on any atom is 0.374 e. The number of nitroso groups, excluding NO2 is 4. The molecule has 0 saturated carbocycles. The molecule has 0 amide bonds. The van der Waals surface area contributed by atoms with Gasteiger partial charge in [-0.25, -0.2) is 0 Å². The summed E-state index contributed by atoms with van der Waals surface area (Å²) in [6.07, 6.45) is 4.06. The third-order valence-electron chi connectivity index (χ3n) is 6.64. The molecule has 2 rings (SSSR count). The minimum atomic E-state index is -4.09. The average molecular weight is 608 g/mol. The molecule has 0 aliphatic heterocycles. The van der Waals surface area contributed by atoms with Crippen molar-refractivity contribution in [3.63, 3.8) is 0 Å². The number of nitrogens with zero attached hydrogens (tertiary/aromatic N) is 5. The van der Waals surface area contributed by atoms with E-state index in [1.165, 1.54) is 16.7 Å². The molecule has 12 nitrogen and oxygen atoms in total. The van der Waals surface area contributed by atoms with Gasteiger partial charge in [0.2, 0.25) is 0 Å². The van der Waals surface area contributed by atoms with Crippen molar-refractivity contribution in [1.82, 2.24) is 4.90 Å². The highest BCUT2D eigenvalue weighted by atomic mass is 31.2. The van der Waals surface area contributed by atoms with Crippen molar-refractivity contribution in [1.29, 1.82) is 0 Å². The van der Waals surface area contributed by atoms with Gasteiger partial charge in [0.15, 0.2) is 0 Å². The number of benzene rings is 2. The largest absolute Gasteiger partial charge is 0.396 e. The Morgan fingerprint density at radius 3 is 1.27 bits per heavy atom. The summed E-state index contributed by atoms with van der Waals surface area (Å²) in [6, 6.07) is 12.1. The Morgan fingerprint density at radius 1 is 0.610 bits per heavy atom. The van der Waals surface area contributed by atoms with Crippen LogP contribution in [0, 0.1) is 19.6 Å². The number of hydrogen-bond donors (Lipinski definition) is 1. The van der Waals surface area contributed by atoms with Gasteiger partial charge in [0.05, 0.1) is 12.3 Å². The molecular weight excluding hydrogens is 568 g/mol. The molecule has 0 bridgehead atoms. The second kappa shape index (κ2) is 17.2. The standard InChI is InChI=1S/C27H39N5O7P2/c1-3-6-22-14-23(7-4-2)17-26(16-22)20-32(10-5-11-33)21-27-18-24(8-12-40(38,28-34)29-35)15-25(19-27)9-13-41(39,30-36)31-37/h14-19,33H,3-13,20-21H2,1-2H3. The minimum absolute atomic E-state index is 0.0259. The van der Waals surface area contributed by atoms with E-state index < -0.39 is 14.9 Å². The first kappa shape index (κ1) is 34.4. The molecule has 41 heavy (non-hydrogen) atoms. The summed E-state index contributed by atoms with van der Waals surface area (Å²) >= 11 is 0. The Morgan fingerprint density at radius 2 is 0.951 bits per heavy atom. The lowest BCUT2D eigenvalue weighted by atomic mass is 9.99. The van der Waals surface area contributed by atoms with Crippen LogP contribution >= 0.6 is 14.9 Å². The predicted octanol–water partition coefficient (Wildman–Crippen LogP) is 7.51. The van der Waals surface area contributed by atoms with E-state index in [0.29, 0.717) is 37.2 Å². The molecule has 0 spiro atoms. The minimum Gasteiger partial charge on any atom is -0.396 e. The third kappa shape index (κ3) is 11.6. The Kier molecular flexibility index (Phi) is 14.5. The van der Waals surface area contributed by atoms with E-state index in [0.717, 1.165) is 31.2 Å². The fourth-order valence-corrected chi connectivity index (χ4v) is 6.27. The van der Waals surface area contributed by atoms with Gasteiger partial charge in [-0.3, -0.25) is 14.0 Å². The zero-order chi connectivity index (χ0) is 30.3. The summed E-state index contributed by atoms with van der Waals surface area (Å²) in [7, 11) is -8.19. The van der Waals surface area contributed by atoms with Gasteiger partial charge in [0.25, 0.3) is 0 Å². The summed E-state index contributed by atoms with van der Waals surface area (Å²) in [6.45, 7) is 6.02. The molecule has 0 fully saturated rings. The summed E-state index contributed by atoms with van der Waals surface area (Å²) in [5.74, 6) is 0. The Balaban J connectivity index is 2.41. The summed E-state index contributed by atoms with van der Waals surface area (Å²) in [4.78, 5) is 55.5. The van der Waals surface area contributed by atoms with Crippen LogP contribution in [0.4, 0.5) is 0 Å². The van der Waals surface area contributed by atoms with Crippen LogP contribution in [0.25, 0.3) is 0 Å². The molecule has 0 atom stereocenters. The van der Waals surface area contributed by atoms with Gasteiger partial charge in [0, 0.05) is 46.0 Å². The maximum absolute atomic E-state index is 12.2. The summed E-state index contributed by atoms with van der Waals surface area (Å²) in [5.41, 5.74) is 5.84. The van der Waals surface area contributed by atoms with Gasteiger partial charge in [-0.15, -0.1) is 19.6 Å². The van der Waals surface area contributed by atoms with E-state index in [-0.39, 0.29) is 31.8 Å². The molecule has 0 saturated heterocycles. The Hall–Kier alpha value is -2.78. The second-order valence-electron chi connectivity index (χ2n) is 10.2. The molecule has 224 valence electrons. The maximum atomic E-state index is 12.2. The van der Waals surface area contributed by atoms with Gasteiger partial charge < -0.3 is 5.11 Å². The highest BCUT2D eigenvalue weighted by Gasteiger charge is 2.25. The zero-order valence-electron chi connectivity index (χ0n) is 23.7. The van der Waals surface area contributed by atoms with Crippen LogP contribution in [0.3, 0.4) is 0 Å². The molecule has 2 aromatic rings. The quantitative estimate of drug-likeness (QED) is 0.112. The molecule has 0 heterocycles. The van der Waals surface area contributed by atoms with Crippen LogP contribution in [0.1, 0.15) is 66.5 Å². The van der Waals surface area contributed by atoms with Crippen LogP contribution in [-0.2, 0) is 47.9 Å². The van der Waals surface area contributed by atoms with Crippen LogP contribution in [0.15, 0.2) is 56.2 Å². The van der Waals surface area contributed by atoms with E-state index >= 15 is 0 Å². The normalized spacial score (nSPS) is 11.9. The topological polar surface area (TPSA) is 175 Å². The molecule has 0 radical (unpaired) electrons. The van der Waals surface area contributed by atoms with E-state index in [9.17, 15) is 33.9 Å². The fourth-order valence-electron chi connectivity index (χ4n) is 4.78. The monoisotopic (exact) mass is 607 g/mol. The number of aryl methyl sites for hydroxylation is 4. The second-order valence-corrected chi connectivity index (χ2v) is 14.4. The van der Waals surface area contributed by atoms with Gasteiger partial charge in [-0.1, -0.05) is 63.1 Å². The summed E-state index contributed by atoms with van der Waals surface area (Å²) in [5, 5.41) is 9.53. The first-order valence-corrected chi connectivity index (χ1v) is 17.4. The summed E-state index contributed by atoms with van der Waals surface area (Å²) < 4.78 is 24.3. The molecule has 14 heteroatoms. The lowest BCUT2D eigenvalue weighted by molar-refractivity contribution is 0.212. The lowest BCUT2D eigenvalue weighted by Crippen LogP contribution is -2.25. The van der Waals surface area contributed by atoms with Crippen LogP contribution in [-0.4, -0.2) is 35.5 Å². The van der Waals surface area contributed by atoms with E-state index in [2.05, 4.69) is 56.7 Å². The van der Waals surface area contributed by atoms with Crippen molar-refractivity contribution >= 4 is 14.9 Å². The van der Waals surface area contributed by atoms with Crippen molar-refractivity contribution in [3.05, 3.63) is 89.4 Å². The van der Waals surface area contributed by atoms with Crippen molar-refractivity contribution in [2.75, 3.05) is 25.5 Å². The van der Waals surface area contributed by atoms with Gasteiger partial charge in [0.1, 0.15) is 0 Å². The predicted molar refractivity (Wildman–Crippen MR) is 162 cm³/mol. The highest BCUT2D eigenvalue weighted by Crippen LogP contribution is 2.49. The van der Waals surface area contributed by atoms with Crippen LogP contribution in [0.2, 0.25) is 0 Å². The Labute approximate surface area is 240 Å². The average Bonchev–Trinajstić information content (AvgIpc) is 2.97. The van der Waals surface area contributed by atoms with Crippen LogP contribution < -0.4 is 0 Å². The molecule has 2 aromatic carbocycles. The van der Waals surface area contributed by atoms with E-state index in [1.54, 1.807) is 6.07 Å². The number of rotatable bonds is 21. The molecule has 0 aromatic heterocycles. The molecular formula is C27H39N5O7P2. The molecule has 0 aliphatic rings. The third-order valence-corrected chi connectivity index (χ3v) is 9.27. The lowest BCUT2D eigenvalue weighted by Gasteiger charge is -2.24. The highest BCUT2D eigenvalue weighted by molar-refractivity contribution is 7.61. The van der Waals surface area contributed by atoms with E-state index in [4.69, 9.17) is 0 Å². The van der Waals surface area contributed by atoms with Crippen molar-refractivity contribution in [2.24, 2.45) is 19.8 Å². The van der Waals surface area contributed by atoms with Crippen LogP contribution in [0.5, 0.6) is 0 Å². The van der Waals surface area contributed by atoms with Gasteiger partial charge >= 0.3 is 14.9 Å². The van der Waals surface area contributed by atoms with E-state index in [1.807, 2.05) is 12.1 Å². The van der Waals surface area contributed by atoms with Crippen molar-refractivity contribution in [2.45, 2.75) is 71.9 Å². The molecule has 0 unspecified atom stereocenters. The first-order chi connectivity index (χ1) is 19.6. The fraction of sp³-hybridized carbons (Fsp3) is 0.556. The SMILES string of the molecule is CCCc1cc(CCC)cc(CN(CCCO)Cc2cc(CCP(=O)(N=O)N=O)cc(CCP(=O)(N=O)N=O)c2)c1. The number of aliphatic hydroxyl groups excluding tert-OH is 1. The van der Waals surface area contributed by atoms with Gasteiger partial charge in [-0.05, 0) is 65.5 Å². The smallest absolute Gasteiger partial charge is 0.374 e. The van der Waals surface area contributed by atoms with Crippen molar-refractivity contribution in [3.8, 4) is 0 Å². The molecule has 0 aliphatic carbocycles. The Bertz CT molecular complexity index is 1190. The zero-order valence-corrected chi connectivity index (χ0v) is 25.5. The molecule has 1 N–H and O–H groups in total. The van der Waals surface area contributed by atoms with Crippen molar-refractivity contribution < 1.29 is 14.2 Å². The number of aliphatic hydroxyl groups is 1. The first-order valence-electron chi connectivity index (χ1n) is 13.8. The van der Waals surface area contributed by atoms with Gasteiger partial charge in [-0.2, -0.15) is 0 Å². The number of hydrogen-bond acceptors (Lipinski definition) is 8.